The third kappa shape index (κ3) is 2.13. The van der Waals surface area contributed by atoms with Crippen LogP contribution < -0.4 is 0 Å². The Kier molecular flexibility index (Phi) is 3.39. The Morgan fingerprint density at radius 3 is 2.58 bits per heavy atom. The second-order valence-electron chi connectivity index (χ2n) is 2.56. The van der Waals surface area contributed by atoms with Gasteiger partial charge in [-0.25, -0.2) is 5.11 Å². The van der Waals surface area contributed by atoms with Gasteiger partial charge in [-0.1, -0.05) is 36.2 Å². The van der Waals surface area contributed by atoms with E-state index in [1.807, 2.05) is 6.92 Å². The molecule has 0 N–H and O–H groups in total. The highest BCUT2D eigenvalue weighted by Gasteiger charge is 2.10. The minimum Gasteiger partial charge on any atom is -0.228 e. The van der Waals surface area contributed by atoms with Crippen molar-refractivity contribution >= 4 is 23.2 Å². The SMILES string of the molecule is CCC([O])c1ccc(Cl)cc1Cl. The molecule has 0 fully saturated rings. The lowest BCUT2D eigenvalue weighted by molar-refractivity contribution is 0.0858. The van der Waals surface area contributed by atoms with Gasteiger partial charge >= 0.3 is 0 Å². The molecule has 0 amide bonds. The molecule has 0 saturated heterocycles. The predicted octanol–water partition coefficient (Wildman–Crippen LogP) is 3.88. The molecule has 1 aromatic rings. The highest BCUT2D eigenvalue weighted by Crippen LogP contribution is 2.27. The van der Waals surface area contributed by atoms with Crippen molar-refractivity contribution in [2.24, 2.45) is 0 Å². The van der Waals surface area contributed by atoms with Crippen LogP contribution in [0.3, 0.4) is 0 Å². The van der Waals surface area contributed by atoms with E-state index >= 15 is 0 Å². The van der Waals surface area contributed by atoms with Gasteiger partial charge in [0.25, 0.3) is 0 Å². The smallest absolute Gasteiger partial charge is 0.119 e. The molecular weight excluding hydrogens is 195 g/mol. The second kappa shape index (κ2) is 4.13. The average Bonchev–Trinajstić information content (AvgIpc) is 2.03. The van der Waals surface area contributed by atoms with Gasteiger partial charge in [-0.05, 0) is 18.6 Å². The van der Waals surface area contributed by atoms with Crippen molar-refractivity contribution in [1.82, 2.24) is 0 Å². The molecular formula is C9H9Cl2O. The fraction of sp³-hybridized carbons (Fsp3) is 0.333. The van der Waals surface area contributed by atoms with Gasteiger partial charge in [0.2, 0.25) is 0 Å². The van der Waals surface area contributed by atoms with E-state index in [1.54, 1.807) is 18.2 Å². The maximum atomic E-state index is 11.3. The first-order valence-electron chi connectivity index (χ1n) is 3.76. The molecule has 1 atom stereocenters. The Morgan fingerprint density at radius 2 is 2.08 bits per heavy atom. The van der Waals surface area contributed by atoms with Gasteiger partial charge in [0.1, 0.15) is 6.10 Å². The highest BCUT2D eigenvalue weighted by atomic mass is 35.5. The summed E-state index contributed by atoms with van der Waals surface area (Å²) in [4.78, 5) is 0. The molecule has 0 aliphatic carbocycles. The molecule has 0 bridgehead atoms. The van der Waals surface area contributed by atoms with Crippen LogP contribution in [0.15, 0.2) is 18.2 Å². The van der Waals surface area contributed by atoms with E-state index in [0.717, 1.165) is 0 Å². The van der Waals surface area contributed by atoms with Crippen LogP contribution in [-0.2, 0) is 5.11 Å². The zero-order valence-corrected chi connectivity index (χ0v) is 8.19. The first-order chi connectivity index (χ1) is 5.65. The molecule has 65 valence electrons. The average molecular weight is 204 g/mol. The van der Waals surface area contributed by atoms with E-state index in [-0.39, 0.29) is 0 Å². The number of benzene rings is 1. The predicted molar refractivity (Wildman–Crippen MR) is 50.2 cm³/mol. The van der Waals surface area contributed by atoms with Crippen LogP contribution in [0.2, 0.25) is 10.0 Å². The first-order valence-corrected chi connectivity index (χ1v) is 4.51. The normalized spacial score (nSPS) is 13.0. The zero-order valence-electron chi connectivity index (χ0n) is 6.68. The molecule has 0 saturated carbocycles. The van der Waals surface area contributed by atoms with Crippen molar-refractivity contribution in [3.05, 3.63) is 33.8 Å². The molecule has 12 heavy (non-hydrogen) atoms. The molecule has 0 heterocycles. The summed E-state index contributed by atoms with van der Waals surface area (Å²) >= 11 is 11.5. The minimum absolute atomic E-state index is 0.462. The molecule has 1 unspecified atom stereocenters. The Balaban J connectivity index is 3.01. The van der Waals surface area contributed by atoms with Crippen LogP contribution in [0.25, 0.3) is 0 Å². The maximum Gasteiger partial charge on any atom is 0.119 e. The summed E-state index contributed by atoms with van der Waals surface area (Å²) < 4.78 is 0. The van der Waals surface area contributed by atoms with Crippen LogP contribution in [0.1, 0.15) is 25.0 Å². The molecule has 3 heteroatoms. The van der Waals surface area contributed by atoms with E-state index in [1.165, 1.54) is 0 Å². The Morgan fingerprint density at radius 1 is 1.42 bits per heavy atom. The fourth-order valence-electron chi connectivity index (χ4n) is 0.983. The van der Waals surface area contributed by atoms with Gasteiger partial charge in [-0.3, -0.25) is 0 Å². The molecule has 1 radical (unpaired) electrons. The highest BCUT2D eigenvalue weighted by molar-refractivity contribution is 6.35. The van der Waals surface area contributed by atoms with Crippen molar-refractivity contribution in [3.63, 3.8) is 0 Å². The lowest BCUT2D eigenvalue weighted by Crippen LogP contribution is -1.93. The standard InChI is InChI=1S/C9H9Cl2O/c1-2-9(12)7-4-3-6(10)5-8(7)11/h3-5,9H,2H2,1H3. The van der Waals surface area contributed by atoms with E-state index in [9.17, 15) is 5.11 Å². The number of hydrogen-bond donors (Lipinski definition) is 0. The second-order valence-corrected chi connectivity index (χ2v) is 3.41. The monoisotopic (exact) mass is 203 g/mol. The zero-order chi connectivity index (χ0) is 9.14. The lowest BCUT2D eigenvalue weighted by atomic mass is 10.1. The van der Waals surface area contributed by atoms with Crippen molar-refractivity contribution in [3.8, 4) is 0 Å². The van der Waals surface area contributed by atoms with E-state index in [4.69, 9.17) is 23.2 Å². The van der Waals surface area contributed by atoms with Gasteiger partial charge in [0.05, 0.1) is 0 Å². The number of hydrogen-bond acceptors (Lipinski definition) is 0. The summed E-state index contributed by atoms with van der Waals surface area (Å²) in [7, 11) is 0. The summed E-state index contributed by atoms with van der Waals surface area (Å²) in [5, 5.41) is 12.3. The van der Waals surface area contributed by atoms with Crippen LogP contribution in [0.5, 0.6) is 0 Å². The topological polar surface area (TPSA) is 19.9 Å². The van der Waals surface area contributed by atoms with E-state index in [0.29, 0.717) is 22.0 Å². The molecule has 1 rings (SSSR count). The van der Waals surface area contributed by atoms with Crippen LogP contribution >= 0.6 is 23.2 Å². The molecule has 0 aromatic heterocycles. The van der Waals surface area contributed by atoms with Crippen LogP contribution in [0.4, 0.5) is 0 Å². The van der Waals surface area contributed by atoms with Crippen LogP contribution in [-0.4, -0.2) is 0 Å². The Hall–Kier alpha value is -0.240. The maximum absolute atomic E-state index is 11.3. The molecule has 1 aromatic carbocycles. The summed E-state index contributed by atoms with van der Waals surface area (Å²) in [5.41, 5.74) is 0.628. The van der Waals surface area contributed by atoms with Gasteiger partial charge in [0.15, 0.2) is 0 Å². The Labute approximate surface area is 81.9 Å². The van der Waals surface area contributed by atoms with Gasteiger partial charge in [0, 0.05) is 15.6 Å². The third-order valence-corrected chi connectivity index (χ3v) is 2.24. The van der Waals surface area contributed by atoms with Crippen molar-refractivity contribution in [1.29, 1.82) is 0 Å². The van der Waals surface area contributed by atoms with E-state index in [2.05, 4.69) is 0 Å². The quantitative estimate of drug-likeness (QED) is 0.696. The fourth-order valence-corrected chi connectivity index (χ4v) is 1.51. The van der Waals surface area contributed by atoms with Gasteiger partial charge < -0.3 is 0 Å². The van der Waals surface area contributed by atoms with Crippen molar-refractivity contribution in [2.45, 2.75) is 19.4 Å². The molecule has 0 aliphatic rings. The summed E-state index contributed by atoms with van der Waals surface area (Å²) in [6.45, 7) is 1.84. The Bertz CT molecular complexity index is 273. The van der Waals surface area contributed by atoms with Crippen molar-refractivity contribution < 1.29 is 5.11 Å². The molecule has 0 aliphatic heterocycles. The summed E-state index contributed by atoms with van der Waals surface area (Å²) in [6, 6.07) is 4.97. The summed E-state index contributed by atoms with van der Waals surface area (Å²) in [6.07, 6.45) is -0.198. The lowest BCUT2D eigenvalue weighted by Gasteiger charge is -2.07. The largest absolute Gasteiger partial charge is 0.228 e. The number of rotatable bonds is 2. The summed E-state index contributed by atoms with van der Waals surface area (Å²) in [5.74, 6) is 0. The first kappa shape index (κ1) is 9.85. The van der Waals surface area contributed by atoms with Gasteiger partial charge in [-0.15, -0.1) is 0 Å². The van der Waals surface area contributed by atoms with Crippen LogP contribution in [0, 0.1) is 0 Å². The van der Waals surface area contributed by atoms with E-state index < -0.39 is 6.10 Å². The van der Waals surface area contributed by atoms with Gasteiger partial charge in [-0.2, -0.15) is 0 Å². The number of halogens is 2. The third-order valence-electron chi connectivity index (χ3n) is 1.68. The molecule has 0 spiro atoms. The molecule has 1 nitrogen and oxygen atoms in total. The van der Waals surface area contributed by atoms with Crippen molar-refractivity contribution in [2.75, 3.05) is 0 Å². The minimum atomic E-state index is -0.741.